The van der Waals surface area contributed by atoms with E-state index in [4.69, 9.17) is 16.3 Å². The highest BCUT2D eigenvalue weighted by Crippen LogP contribution is 2.12. The Labute approximate surface area is 85.6 Å². The molecule has 1 aliphatic rings. The Kier molecular flexibility index (Phi) is 3.10. The SMILES string of the molecule is Clc1nc(CN2CCOCC2)ns1. The number of ether oxygens (including phenoxy) is 1. The van der Waals surface area contributed by atoms with Crippen molar-refractivity contribution in [1.29, 1.82) is 0 Å². The summed E-state index contributed by atoms with van der Waals surface area (Å²) in [5.41, 5.74) is 0. The minimum Gasteiger partial charge on any atom is -0.379 e. The van der Waals surface area contributed by atoms with Gasteiger partial charge in [0.2, 0.25) is 4.47 Å². The van der Waals surface area contributed by atoms with Crippen molar-refractivity contribution in [2.24, 2.45) is 0 Å². The van der Waals surface area contributed by atoms with Crippen LogP contribution < -0.4 is 0 Å². The van der Waals surface area contributed by atoms with Crippen LogP contribution in [0.25, 0.3) is 0 Å². The van der Waals surface area contributed by atoms with Gasteiger partial charge in [0.25, 0.3) is 0 Å². The maximum atomic E-state index is 5.68. The highest BCUT2D eigenvalue weighted by atomic mass is 35.5. The molecule has 0 spiro atoms. The van der Waals surface area contributed by atoms with Crippen LogP contribution in [-0.2, 0) is 11.3 Å². The van der Waals surface area contributed by atoms with Crippen LogP contribution in [0.5, 0.6) is 0 Å². The van der Waals surface area contributed by atoms with Gasteiger partial charge >= 0.3 is 0 Å². The summed E-state index contributed by atoms with van der Waals surface area (Å²) in [6, 6.07) is 0. The number of halogens is 1. The molecule has 1 aromatic rings. The lowest BCUT2D eigenvalue weighted by Gasteiger charge is -2.25. The van der Waals surface area contributed by atoms with Crippen LogP contribution in [0.15, 0.2) is 0 Å². The minimum atomic E-state index is 0.517. The lowest BCUT2D eigenvalue weighted by atomic mass is 10.4. The van der Waals surface area contributed by atoms with E-state index in [0.29, 0.717) is 4.47 Å². The van der Waals surface area contributed by atoms with Gasteiger partial charge in [-0.05, 0) is 23.1 Å². The summed E-state index contributed by atoms with van der Waals surface area (Å²) >= 11 is 6.92. The van der Waals surface area contributed by atoms with Crippen LogP contribution >= 0.6 is 23.1 Å². The van der Waals surface area contributed by atoms with Crippen LogP contribution in [-0.4, -0.2) is 40.6 Å². The van der Waals surface area contributed by atoms with Crippen LogP contribution in [0.4, 0.5) is 0 Å². The molecule has 0 N–H and O–H groups in total. The zero-order valence-corrected chi connectivity index (χ0v) is 8.64. The zero-order chi connectivity index (χ0) is 9.10. The Morgan fingerprint density at radius 2 is 2.23 bits per heavy atom. The predicted octanol–water partition coefficient (Wildman–Crippen LogP) is 1.02. The first-order chi connectivity index (χ1) is 6.34. The van der Waals surface area contributed by atoms with Crippen molar-refractivity contribution >= 4 is 23.1 Å². The third kappa shape index (κ3) is 2.60. The molecule has 0 aromatic carbocycles. The monoisotopic (exact) mass is 219 g/mol. The largest absolute Gasteiger partial charge is 0.379 e. The smallest absolute Gasteiger partial charge is 0.203 e. The fraction of sp³-hybridized carbons (Fsp3) is 0.714. The van der Waals surface area contributed by atoms with Crippen LogP contribution in [0, 0.1) is 0 Å². The van der Waals surface area contributed by atoms with Crippen LogP contribution in [0.1, 0.15) is 5.82 Å². The van der Waals surface area contributed by atoms with Crippen molar-refractivity contribution in [1.82, 2.24) is 14.3 Å². The fourth-order valence-corrected chi connectivity index (χ4v) is 1.88. The van der Waals surface area contributed by atoms with Crippen molar-refractivity contribution in [2.45, 2.75) is 6.54 Å². The number of hydrogen-bond acceptors (Lipinski definition) is 5. The summed E-state index contributed by atoms with van der Waals surface area (Å²) in [6.45, 7) is 4.30. The molecule has 0 unspecified atom stereocenters. The van der Waals surface area contributed by atoms with Crippen LogP contribution in [0.3, 0.4) is 0 Å². The zero-order valence-electron chi connectivity index (χ0n) is 7.07. The van der Waals surface area contributed by atoms with Gasteiger partial charge in [-0.3, -0.25) is 4.90 Å². The number of hydrogen-bond donors (Lipinski definition) is 0. The highest BCUT2D eigenvalue weighted by molar-refractivity contribution is 7.10. The molecule has 0 amide bonds. The quantitative estimate of drug-likeness (QED) is 0.745. The standard InChI is InChI=1S/C7H10ClN3OS/c8-7-9-6(10-13-7)5-11-1-3-12-4-2-11/h1-5H2. The normalized spacial score (nSPS) is 19.2. The second-order valence-electron chi connectivity index (χ2n) is 2.85. The van der Waals surface area contributed by atoms with Crippen molar-refractivity contribution in [3.05, 3.63) is 10.3 Å². The first-order valence-electron chi connectivity index (χ1n) is 4.13. The van der Waals surface area contributed by atoms with Crippen molar-refractivity contribution < 1.29 is 4.74 Å². The Hall–Kier alpha value is -0.230. The molecule has 0 aliphatic carbocycles. The fourth-order valence-electron chi connectivity index (χ4n) is 1.26. The summed E-state index contributed by atoms with van der Waals surface area (Å²) in [5.74, 6) is 0.817. The average Bonchev–Trinajstić information content (AvgIpc) is 2.53. The van der Waals surface area contributed by atoms with E-state index in [1.54, 1.807) is 0 Å². The highest BCUT2D eigenvalue weighted by Gasteiger charge is 2.12. The Morgan fingerprint density at radius 1 is 1.46 bits per heavy atom. The summed E-state index contributed by atoms with van der Waals surface area (Å²) in [5, 5.41) is 0. The molecule has 0 saturated carbocycles. The van der Waals surface area contributed by atoms with E-state index >= 15 is 0 Å². The van der Waals surface area contributed by atoms with E-state index in [9.17, 15) is 0 Å². The van der Waals surface area contributed by atoms with Gasteiger partial charge in [0.1, 0.15) is 0 Å². The molecule has 72 valence electrons. The Morgan fingerprint density at radius 3 is 2.85 bits per heavy atom. The second-order valence-corrected chi connectivity index (χ2v) is 4.19. The summed E-state index contributed by atoms with van der Waals surface area (Å²) < 4.78 is 9.88. The van der Waals surface area contributed by atoms with Gasteiger partial charge in [-0.15, -0.1) is 0 Å². The Balaban J connectivity index is 1.89. The Bertz CT molecular complexity index is 274. The van der Waals surface area contributed by atoms with Gasteiger partial charge in [-0.2, -0.15) is 4.37 Å². The van der Waals surface area contributed by atoms with Crippen molar-refractivity contribution in [3.8, 4) is 0 Å². The lowest BCUT2D eigenvalue weighted by molar-refractivity contribution is 0.0332. The van der Waals surface area contributed by atoms with E-state index in [0.717, 1.165) is 38.7 Å². The number of nitrogens with zero attached hydrogens (tertiary/aromatic N) is 3. The van der Waals surface area contributed by atoms with E-state index in [2.05, 4.69) is 14.3 Å². The lowest BCUT2D eigenvalue weighted by Crippen LogP contribution is -2.35. The second kappa shape index (κ2) is 4.32. The van der Waals surface area contributed by atoms with Gasteiger partial charge in [-0.1, -0.05) is 0 Å². The topological polar surface area (TPSA) is 38.2 Å². The van der Waals surface area contributed by atoms with E-state index in [-0.39, 0.29) is 0 Å². The predicted molar refractivity (Wildman–Crippen MR) is 51.0 cm³/mol. The third-order valence-electron chi connectivity index (χ3n) is 1.91. The number of rotatable bonds is 2. The molecule has 0 radical (unpaired) electrons. The molecule has 1 saturated heterocycles. The molecular weight excluding hydrogens is 210 g/mol. The average molecular weight is 220 g/mol. The molecular formula is C7H10ClN3OS. The third-order valence-corrected chi connectivity index (χ3v) is 2.75. The molecule has 1 aliphatic heterocycles. The summed E-state index contributed by atoms with van der Waals surface area (Å²) in [6.07, 6.45) is 0. The maximum Gasteiger partial charge on any atom is 0.203 e. The molecule has 2 rings (SSSR count). The van der Waals surface area contributed by atoms with Gasteiger partial charge in [-0.25, -0.2) is 4.98 Å². The molecule has 6 heteroatoms. The first-order valence-corrected chi connectivity index (χ1v) is 5.28. The maximum absolute atomic E-state index is 5.68. The summed E-state index contributed by atoms with van der Waals surface area (Å²) in [4.78, 5) is 6.36. The van der Waals surface area contributed by atoms with Gasteiger partial charge in [0.15, 0.2) is 5.82 Å². The van der Waals surface area contributed by atoms with Crippen molar-refractivity contribution in [2.75, 3.05) is 26.3 Å². The van der Waals surface area contributed by atoms with E-state index in [1.165, 1.54) is 11.5 Å². The molecule has 13 heavy (non-hydrogen) atoms. The minimum absolute atomic E-state index is 0.517. The van der Waals surface area contributed by atoms with Crippen LogP contribution in [0.2, 0.25) is 4.47 Å². The molecule has 1 aromatic heterocycles. The molecule has 2 heterocycles. The van der Waals surface area contributed by atoms with Gasteiger partial charge < -0.3 is 4.74 Å². The number of morpholine rings is 1. The number of aromatic nitrogens is 2. The molecule has 1 fully saturated rings. The van der Waals surface area contributed by atoms with E-state index < -0.39 is 0 Å². The van der Waals surface area contributed by atoms with E-state index in [1.807, 2.05) is 0 Å². The van der Waals surface area contributed by atoms with Gasteiger partial charge in [0, 0.05) is 13.1 Å². The first kappa shape index (κ1) is 9.33. The molecule has 0 atom stereocenters. The van der Waals surface area contributed by atoms with Crippen molar-refractivity contribution in [3.63, 3.8) is 0 Å². The molecule has 0 bridgehead atoms. The van der Waals surface area contributed by atoms with Gasteiger partial charge in [0.05, 0.1) is 19.8 Å². The molecule has 4 nitrogen and oxygen atoms in total. The summed E-state index contributed by atoms with van der Waals surface area (Å²) in [7, 11) is 0.